The molecule has 0 unspecified atom stereocenters. The summed E-state index contributed by atoms with van der Waals surface area (Å²) in [6, 6.07) is 17.8. The number of nitrogens with zero attached hydrogens (tertiary/aromatic N) is 2. The first-order valence-electron chi connectivity index (χ1n) is 8.97. The Morgan fingerprint density at radius 2 is 1.87 bits per heavy atom. The van der Waals surface area contributed by atoms with Gasteiger partial charge in [0, 0.05) is 22.9 Å². The summed E-state index contributed by atoms with van der Waals surface area (Å²) in [6.07, 6.45) is 1.52. The second kappa shape index (κ2) is 8.69. The molecule has 4 aromatic rings. The zero-order chi connectivity index (χ0) is 21.1. The Balaban J connectivity index is 1.54. The zero-order valence-electron chi connectivity index (χ0n) is 15.5. The average Bonchev–Trinajstić information content (AvgIpc) is 2.74. The van der Waals surface area contributed by atoms with E-state index in [9.17, 15) is 14.0 Å². The Labute approximate surface area is 180 Å². The highest BCUT2D eigenvalue weighted by molar-refractivity contribution is 7.98. The van der Waals surface area contributed by atoms with Crippen molar-refractivity contribution in [2.75, 3.05) is 5.32 Å². The molecule has 8 heteroatoms. The van der Waals surface area contributed by atoms with Crippen molar-refractivity contribution >= 4 is 40.6 Å². The molecule has 0 aliphatic heterocycles. The molecule has 0 aliphatic carbocycles. The Kier molecular flexibility index (Phi) is 5.83. The van der Waals surface area contributed by atoms with Gasteiger partial charge in [-0.3, -0.25) is 14.0 Å². The van der Waals surface area contributed by atoms with Gasteiger partial charge in [0.05, 0.1) is 22.0 Å². The molecule has 0 atom stereocenters. The number of anilines is 1. The van der Waals surface area contributed by atoms with Gasteiger partial charge in [-0.2, -0.15) is 0 Å². The van der Waals surface area contributed by atoms with Gasteiger partial charge in [0.15, 0.2) is 0 Å². The van der Waals surface area contributed by atoms with Crippen LogP contribution in [-0.2, 0) is 5.75 Å². The molecule has 4 rings (SSSR count). The number of rotatable bonds is 5. The van der Waals surface area contributed by atoms with Gasteiger partial charge in [0.25, 0.3) is 11.5 Å². The van der Waals surface area contributed by atoms with E-state index in [0.29, 0.717) is 27.8 Å². The predicted octanol–water partition coefficient (Wildman–Crippen LogP) is 5.03. The molecule has 0 fully saturated rings. The highest BCUT2D eigenvalue weighted by atomic mass is 35.5. The van der Waals surface area contributed by atoms with Crippen molar-refractivity contribution in [1.29, 1.82) is 0 Å². The Morgan fingerprint density at radius 1 is 1.10 bits per heavy atom. The summed E-state index contributed by atoms with van der Waals surface area (Å²) in [5.74, 6) is -0.692. The molecule has 5 nitrogen and oxygen atoms in total. The number of carbonyl (C=O) groups is 1. The van der Waals surface area contributed by atoms with Gasteiger partial charge in [0.1, 0.15) is 11.5 Å². The van der Waals surface area contributed by atoms with Crippen LogP contribution in [0.4, 0.5) is 10.1 Å². The fraction of sp³-hybridized carbons (Fsp3) is 0.0455. The second-order valence-corrected chi connectivity index (χ2v) is 7.83. The molecule has 0 spiro atoms. The average molecular weight is 440 g/mol. The van der Waals surface area contributed by atoms with Crippen molar-refractivity contribution in [2.45, 2.75) is 10.6 Å². The largest absolute Gasteiger partial charge is 0.321 e. The predicted molar refractivity (Wildman–Crippen MR) is 117 cm³/mol. The maximum absolute atomic E-state index is 13.9. The summed E-state index contributed by atoms with van der Waals surface area (Å²) in [6.45, 7) is 0. The lowest BCUT2D eigenvalue weighted by Gasteiger charge is -2.11. The molecular weight excluding hydrogens is 425 g/mol. The van der Waals surface area contributed by atoms with Crippen molar-refractivity contribution in [3.63, 3.8) is 0 Å². The van der Waals surface area contributed by atoms with Crippen molar-refractivity contribution in [3.05, 3.63) is 105 Å². The molecule has 150 valence electrons. The Bertz CT molecular complexity index is 1310. The van der Waals surface area contributed by atoms with Crippen LogP contribution in [0.1, 0.15) is 16.1 Å². The van der Waals surface area contributed by atoms with E-state index in [1.54, 1.807) is 30.3 Å². The third-order valence-corrected chi connectivity index (χ3v) is 5.64. The van der Waals surface area contributed by atoms with Crippen molar-refractivity contribution < 1.29 is 9.18 Å². The molecule has 0 saturated carbocycles. The minimum absolute atomic E-state index is 0.0276. The minimum Gasteiger partial charge on any atom is -0.321 e. The molecule has 2 heterocycles. The van der Waals surface area contributed by atoms with Crippen LogP contribution < -0.4 is 10.9 Å². The van der Waals surface area contributed by atoms with Crippen molar-refractivity contribution in [2.24, 2.45) is 0 Å². The molecule has 2 aromatic heterocycles. The molecule has 0 radical (unpaired) electrons. The summed E-state index contributed by atoms with van der Waals surface area (Å²) in [7, 11) is 0. The second-order valence-electron chi connectivity index (χ2n) is 6.38. The van der Waals surface area contributed by atoms with Crippen LogP contribution in [-0.4, -0.2) is 15.3 Å². The number of carbonyl (C=O) groups excluding carboxylic acids is 1. The van der Waals surface area contributed by atoms with Gasteiger partial charge in [-0.25, -0.2) is 9.37 Å². The van der Waals surface area contributed by atoms with E-state index in [1.807, 2.05) is 12.1 Å². The number of nitrogens with one attached hydrogen (secondary N) is 1. The molecule has 0 saturated heterocycles. The standard InChI is InChI=1S/C22H15ClFN3O2S/c23-14-9-10-20-25-15(11-21(28)27(20)12-14)13-30-19-8-4-3-7-18(19)26-22(29)16-5-1-2-6-17(16)24/h1-12H,13H2,(H,26,29). The van der Waals surface area contributed by atoms with Gasteiger partial charge in [0.2, 0.25) is 0 Å². The molecule has 1 amide bonds. The SMILES string of the molecule is O=C(Nc1ccccc1SCc1cc(=O)n2cc(Cl)ccc2n1)c1ccccc1F. The molecule has 2 aromatic carbocycles. The van der Waals surface area contributed by atoms with Crippen LogP contribution >= 0.6 is 23.4 Å². The summed E-state index contributed by atoms with van der Waals surface area (Å²) >= 11 is 7.35. The highest BCUT2D eigenvalue weighted by Crippen LogP contribution is 2.30. The summed E-state index contributed by atoms with van der Waals surface area (Å²) in [4.78, 5) is 30.0. The summed E-state index contributed by atoms with van der Waals surface area (Å²) in [5.41, 5.74) is 1.41. The van der Waals surface area contributed by atoms with Crippen LogP contribution in [0.3, 0.4) is 0 Å². The maximum Gasteiger partial charge on any atom is 0.258 e. The van der Waals surface area contributed by atoms with Crippen LogP contribution in [0.25, 0.3) is 5.65 Å². The van der Waals surface area contributed by atoms with Gasteiger partial charge in [-0.1, -0.05) is 35.9 Å². The lowest BCUT2D eigenvalue weighted by Crippen LogP contribution is -2.15. The van der Waals surface area contributed by atoms with Crippen LogP contribution in [0.15, 0.2) is 82.6 Å². The maximum atomic E-state index is 13.9. The number of thioether (sulfide) groups is 1. The van der Waals surface area contributed by atoms with Crippen molar-refractivity contribution in [3.8, 4) is 0 Å². The lowest BCUT2D eigenvalue weighted by molar-refractivity contribution is 0.102. The number of benzene rings is 2. The number of aromatic nitrogens is 2. The van der Waals surface area contributed by atoms with Crippen LogP contribution in [0, 0.1) is 5.82 Å². The van der Waals surface area contributed by atoms with Crippen LogP contribution in [0.2, 0.25) is 5.02 Å². The topological polar surface area (TPSA) is 63.5 Å². The Morgan fingerprint density at radius 3 is 2.70 bits per heavy atom. The van der Waals surface area contributed by atoms with Gasteiger partial charge in [-0.15, -0.1) is 11.8 Å². The van der Waals surface area contributed by atoms with Gasteiger partial charge in [-0.05, 0) is 36.4 Å². The molecular formula is C22H15ClFN3O2S. The smallest absolute Gasteiger partial charge is 0.258 e. The number of pyridine rings is 1. The number of amides is 1. The van der Waals surface area contributed by atoms with E-state index in [0.717, 1.165) is 4.90 Å². The first-order valence-corrected chi connectivity index (χ1v) is 10.3. The lowest BCUT2D eigenvalue weighted by atomic mass is 10.2. The first-order chi connectivity index (χ1) is 14.5. The third-order valence-electron chi connectivity index (χ3n) is 4.31. The number of hydrogen-bond acceptors (Lipinski definition) is 4. The highest BCUT2D eigenvalue weighted by Gasteiger charge is 2.13. The fourth-order valence-electron chi connectivity index (χ4n) is 2.88. The van der Waals surface area contributed by atoms with Gasteiger partial charge < -0.3 is 5.32 Å². The van der Waals surface area contributed by atoms with E-state index in [4.69, 9.17) is 11.6 Å². The van der Waals surface area contributed by atoms with Gasteiger partial charge >= 0.3 is 0 Å². The zero-order valence-corrected chi connectivity index (χ0v) is 17.1. The van der Waals surface area contributed by atoms with E-state index < -0.39 is 11.7 Å². The molecule has 0 bridgehead atoms. The number of fused-ring (bicyclic) bond motifs is 1. The third kappa shape index (κ3) is 4.37. The number of hydrogen-bond donors (Lipinski definition) is 1. The number of halogens is 2. The quantitative estimate of drug-likeness (QED) is 0.443. The Hall–Kier alpha value is -3.16. The minimum atomic E-state index is -0.582. The molecule has 30 heavy (non-hydrogen) atoms. The van der Waals surface area contributed by atoms with E-state index in [2.05, 4.69) is 10.3 Å². The monoisotopic (exact) mass is 439 g/mol. The summed E-state index contributed by atoms with van der Waals surface area (Å²) < 4.78 is 15.3. The molecule has 0 aliphatic rings. The van der Waals surface area contributed by atoms with E-state index in [-0.39, 0.29) is 11.1 Å². The normalized spacial score (nSPS) is 10.9. The first kappa shape index (κ1) is 20.1. The van der Waals surface area contributed by atoms with E-state index in [1.165, 1.54) is 46.6 Å². The van der Waals surface area contributed by atoms with Crippen molar-refractivity contribution in [1.82, 2.24) is 9.38 Å². The number of para-hydroxylation sites is 1. The fourth-order valence-corrected chi connectivity index (χ4v) is 3.94. The van der Waals surface area contributed by atoms with E-state index >= 15 is 0 Å². The molecule has 1 N–H and O–H groups in total. The summed E-state index contributed by atoms with van der Waals surface area (Å²) in [5, 5.41) is 3.20. The van der Waals surface area contributed by atoms with Crippen LogP contribution in [0.5, 0.6) is 0 Å².